The number of hydrogen-bond donors (Lipinski definition) is 3. The van der Waals surface area contributed by atoms with Gasteiger partial charge in [0.2, 0.25) is 0 Å². The van der Waals surface area contributed by atoms with E-state index in [1.807, 2.05) is 25.3 Å². The van der Waals surface area contributed by atoms with E-state index in [0.717, 1.165) is 52.3 Å². The van der Waals surface area contributed by atoms with Crippen molar-refractivity contribution >= 4 is 16.9 Å². The Morgan fingerprint density at radius 1 is 1.15 bits per heavy atom. The number of aliphatic imine (C=N–C) groups is 1. The van der Waals surface area contributed by atoms with E-state index in [9.17, 15) is 4.39 Å². The average Bonchev–Trinajstić information content (AvgIpc) is 3.07. The van der Waals surface area contributed by atoms with E-state index >= 15 is 0 Å². The number of ether oxygens (including phenoxy) is 1. The Labute approximate surface area is 158 Å². The van der Waals surface area contributed by atoms with Crippen LogP contribution >= 0.6 is 0 Å². The van der Waals surface area contributed by atoms with Crippen LogP contribution in [-0.2, 0) is 13.0 Å². The van der Waals surface area contributed by atoms with Crippen LogP contribution in [0.4, 0.5) is 4.39 Å². The second-order valence-electron chi connectivity index (χ2n) is 6.42. The second-order valence-corrected chi connectivity index (χ2v) is 6.42. The van der Waals surface area contributed by atoms with E-state index < -0.39 is 0 Å². The van der Waals surface area contributed by atoms with E-state index in [-0.39, 0.29) is 5.82 Å². The first-order chi connectivity index (χ1) is 13.1. The molecule has 1 aromatic heterocycles. The summed E-state index contributed by atoms with van der Waals surface area (Å²) in [5, 5.41) is 7.67. The number of halogens is 1. The molecule has 0 fully saturated rings. The maximum absolute atomic E-state index is 13.3. The van der Waals surface area contributed by atoms with E-state index in [2.05, 4.69) is 32.7 Å². The SMILES string of the molecule is CN=C(NCCc1c[nH]c2cc(F)ccc12)NCc1ccc(C)cc1OC. The molecule has 0 aliphatic heterocycles. The maximum Gasteiger partial charge on any atom is 0.191 e. The Bertz CT molecular complexity index is 949. The van der Waals surface area contributed by atoms with Gasteiger partial charge in [-0.2, -0.15) is 0 Å². The van der Waals surface area contributed by atoms with E-state index in [0.29, 0.717) is 6.54 Å². The first-order valence-electron chi connectivity index (χ1n) is 8.94. The van der Waals surface area contributed by atoms with Crippen molar-refractivity contribution in [2.75, 3.05) is 20.7 Å². The third-order valence-corrected chi connectivity index (χ3v) is 4.53. The first-order valence-corrected chi connectivity index (χ1v) is 8.94. The number of aromatic nitrogens is 1. The number of benzene rings is 2. The molecule has 0 saturated carbocycles. The van der Waals surface area contributed by atoms with Crippen molar-refractivity contribution in [3.8, 4) is 5.75 Å². The highest BCUT2D eigenvalue weighted by Crippen LogP contribution is 2.20. The molecule has 0 aliphatic carbocycles. The van der Waals surface area contributed by atoms with Crippen LogP contribution in [0.15, 0.2) is 47.6 Å². The molecular weight excluding hydrogens is 343 g/mol. The van der Waals surface area contributed by atoms with Gasteiger partial charge in [-0.25, -0.2) is 4.39 Å². The molecule has 0 spiro atoms. The number of rotatable bonds is 6. The molecule has 142 valence electrons. The van der Waals surface area contributed by atoms with Gasteiger partial charge in [0, 0.05) is 42.8 Å². The van der Waals surface area contributed by atoms with E-state index in [4.69, 9.17) is 4.74 Å². The summed E-state index contributed by atoms with van der Waals surface area (Å²) in [5.41, 5.74) is 4.20. The van der Waals surface area contributed by atoms with Crippen LogP contribution in [0.3, 0.4) is 0 Å². The minimum absolute atomic E-state index is 0.231. The number of H-pyrrole nitrogens is 1. The van der Waals surface area contributed by atoms with E-state index in [1.54, 1.807) is 14.2 Å². The number of nitrogens with one attached hydrogen (secondary N) is 3. The number of hydrogen-bond acceptors (Lipinski definition) is 2. The molecule has 0 atom stereocenters. The second kappa shape index (κ2) is 8.58. The number of fused-ring (bicyclic) bond motifs is 1. The molecule has 27 heavy (non-hydrogen) atoms. The first kappa shape index (κ1) is 18.8. The van der Waals surface area contributed by atoms with Crippen molar-refractivity contribution < 1.29 is 9.13 Å². The van der Waals surface area contributed by atoms with Crippen LogP contribution in [0.25, 0.3) is 10.9 Å². The third-order valence-electron chi connectivity index (χ3n) is 4.53. The molecule has 0 radical (unpaired) electrons. The normalized spacial score (nSPS) is 11.6. The topological polar surface area (TPSA) is 61.4 Å². The predicted molar refractivity (Wildman–Crippen MR) is 108 cm³/mol. The van der Waals surface area contributed by atoms with Crippen LogP contribution in [0.5, 0.6) is 5.75 Å². The molecule has 0 unspecified atom stereocenters. The number of methoxy groups -OCH3 is 1. The van der Waals surface area contributed by atoms with Crippen LogP contribution < -0.4 is 15.4 Å². The third kappa shape index (κ3) is 4.58. The highest BCUT2D eigenvalue weighted by molar-refractivity contribution is 5.83. The monoisotopic (exact) mass is 368 g/mol. The molecule has 0 amide bonds. The Morgan fingerprint density at radius 2 is 2.00 bits per heavy atom. The lowest BCUT2D eigenvalue weighted by Gasteiger charge is -2.14. The van der Waals surface area contributed by atoms with Gasteiger partial charge in [0.15, 0.2) is 5.96 Å². The summed E-state index contributed by atoms with van der Waals surface area (Å²) in [5.74, 6) is 1.36. The Balaban J connectivity index is 1.55. The van der Waals surface area contributed by atoms with Gasteiger partial charge in [0.1, 0.15) is 11.6 Å². The van der Waals surface area contributed by atoms with Crippen LogP contribution in [-0.4, -0.2) is 31.6 Å². The molecule has 3 N–H and O–H groups in total. The Morgan fingerprint density at radius 3 is 2.78 bits per heavy atom. The van der Waals surface area contributed by atoms with Gasteiger partial charge < -0.3 is 20.4 Å². The molecular formula is C21H25FN4O. The predicted octanol–water partition coefficient (Wildman–Crippen LogP) is 3.53. The van der Waals surface area contributed by atoms with Gasteiger partial charge in [-0.1, -0.05) is 12.1 Å². The zero-order chi connectivity index (χ0) is 19.2. The summed E-state index contributed by atoms with van der Waals surface area (Å²) < 4.78 is 18.7. The highest BCUT2D eigenvalue weighted by Gasteiger charge is 2.07. The van der Waals surface area contributed by atoms with E-state index in [1.165, 1.54) is 12.1 Å². The van der Waals surface area contributed by atoms with Crippen LogP contribution in [0, 0.1) is 12.7 Å². The van der Waals surface area contributed by atoms with Gasteiger partial charge >= 0.3 is 0 Å². The lowest BCUT2D eigenvalue weighted by molar-refractivity contribution is 0.408. The molecule has 0 bridgehead atoms. The standard InChI is InChI=1S/C21H25FN4O/c1-14-4-5-16(20(10-14)27-3)13-26-21(23-2)24-9-8-15-12-25-19-11-17(22)6-7-18(15)19/h4-7,10-12,25H,8-9,13H2,1-3H3,(H2,23,24,26). The number of nitrogens with zero attached hydrogens (tertiary/aromatic N) is 1. The molecule has 6 heteroatoms. The summed E-state index contributed by atoms with van der Waals surface area (Å²) in [7, 11) is 3.43. The summed E-state index contributed by atoms with van der Waals surface area (Å²) in [6.45, 7) is 3.38. The smallest absolute Gasteiger partial charge is 0.191 e. The lowest BCUT2D eigenvalue weighted by Crippen LogP contribution is -2.37. The Kier molecular flexibility index (Phi) is 5.96. The molecule has 0 saturated heterocycles. The van der Waals surface area contributed by atoms with Gasteiger partial charge in [0.25, 0.3) is 0 Å². The van der Waals surface area contributed by atoms with Gasteiger partial charge in [-0.3, -0.25) is 4.99 Å². The number of guanidine groups is 1. The number of aryl methyl sites for hydroxylation is 1. The fraction of sp³-hybridized carbons (Fsp3) is 0.286. The summed E-state index contributed by atoms with van der Waals surface area (Å²) in [6.07, 6.45) is 2.74. The Hall–Kier alpha value is -3.02. The fourth-order valence-corrected chi connectivity index (χ4v) is 3.08. The molecule has 3 rings (SSSR count). The van der Waals surface area contributed by atoms with Gasteiger partial charge in [0.05, 0.1) is 7.11 Å². The summed E-state index contributed by atoms with van der Waals surface area (Å²) in [6, 6.07) is 11.0. The minimum Gasteiger partial charge on any atom is -0.496 e. The average molecular weight is 368 g/mol. The van der Waals surface area contributed by atoms with Crippen LogP contribution in [0.2, 0.25) is 0 Å². The quantitative estimate of drug-likeness (QED) is 0.461. The molecule has 1 heterocycles. The molecule has 2 aromatic carbocycles. The van der Waals surface area contributed by atoms with Gasteiger partial charge in [-0.05, 0) is 48.7 Å². The van der Waals surface area contributed by atoms with Crippen molar-refractivity contribution in [2.45, 2.75) is 19.9 Å². The van der Waals surface area contributed by atoms with Crippen molar-refractivity contribution in [1.29, 1.82) is 0 Å². The molecule has 0 aliphatic rings. The molecule has 3 aromatic rings. The lowest BCUT2D eigenvalue weighted by atomic mass is 10.1. The zero-order valence-corrected chi connectivity index (χ0v) is 15.9. The number of aromatic amines is 1. The maximum atomic E-state index is 13.3. The molecule has 5 nitrogen and oxygen atoms in total. The van der Waals surface area contributed by atoms with Crippen LogP contribution in [0.1, 0.15) is 16.7 Å². The minimum atomic E-state index is -0.231. The summed E-state index contributed by atoms with van der Waals surface area (Å²) in [4.78, 5) is 7.38. The van der Waals surface area contributed by atoms with Crippen molar-refractivity contribution in [3.05, 3.63) is 65.1 Å². The van der Waals surface area contributed by atoms with Crippen molar-refractivity contribution in [1.82, 2.24) is 15.6 Å². The van der Waals surface area contributed by atoms with Crippen molar-refractivity contribution in [2.24, 2.45) is 4.99 Å². The van der Waals surface area contributed by atoms with Crippen molar-refractivity contribution in [3.63, 3.8) is 0 Å². The van der Waals surface area contributed by atoms with Gasteiger partial charge in [-0.15, -0.1) is 0 Å². The summed E-state index contributed by atoms with van der Waals surface area (Å²) >= 11 is 0. The zero-order valence-electron chi connectivity index (χ0n) is 15.9. The highest BCUT2D eigenvalue weighted by atomic mass is 19.1. The fourth-order valence-electron chi connectivity index (χ4n) is 3.08. The largest absolute Gasteiger partial charge is 0.496 e.